The van der Waals surface area contributed by atoms with Crippen LogP contribution in [-0.2, 0) is 19.3 Å². The van der Waals surface area contributed by atoms with Crippen molar-refractivity contribution in [3.63, 3.8) is 0 Å². The Labute approximate surface area is 330 Å². The molecule has 0 saturated heterocycles. The fourth-order valence-corrected chi connectivity index (χ4v) is 9.74. The lowest BCUT2D eigenvalue weighted by Crippen LogP contribution is -2.14. The van der Waals surface area contributed by atoms with Crippen molar-refractivity contribution in [1.82, 2.24) is 9.13 Å². The summed E-state index contributed by atoms with van der Waals surface area (Å²) in [5.74, 6) is 1.33. The van der Waals surface area contributed by atoms with Gasteiger partial charge in [-0.05, 0) is 108 Å². The van der Waals surface area contributed by atoms with Crippen molar-refractivity contribution in [1.29, 1.82) is 5.26 Å². The van der Waals surface area contributed by atoms with Crippen LogP contribution in [0.25, 0.3) is 73.9 Å². The zero-order valence-corrected chi connectivity index (χ0v) is 32.6. The zero-order chi connectivity index (χ0) is 38.1. The predicted molar refractivity (Wildman–Crippen MR) is 234 cm³/mol. The van der Waals surface area contributed by atoms with Gasteiger partial charge in [-0.15, -0.1) is 0 Å². The van der Waals surface area contributed by atoms with E-state index in [1.165, 1.54) is 44.7 Å². The SMILES string of the molecule is Cc1ccc2c(c1)c1c(n2-c2c(-c3ccccc3)c(C#N)c(-c3ccccc3)c(-n3c4c(c5c3C=CC(C)C5)CC(C)C=C4)c2-c2ccccc2)C=CC(C)C1. The molecule has 5 aromatic carbocycles. The summed E-state index contributed by atoms with van der Waals surface area (Å²) in [6.45, 7) is 9.16. The summed E-state index contributed by atoms with van der Waals surface area (Å²) >= 11 is 0. The van der Waals surface area contributed by atoms with Crippen LogP contribution in [0.4, 0.5) is 0 Å². The average molecular weight is 724 g/mol. The monoisotopic (exact) mass is 723 g/mol. The van der Waals surface area contributed by atoms with Gasteiger partial charge < -0.3 is 9.13 Å². The third-order valence-corrected chi connectivity index (χ3v) is 12.3. The first-order chi connectivity index (χ1) is 27.4. The highest BCUT2D eigenvalue weighted by Crippen LogP contribution is 2.52. The molecule has 272 valence electrons. The van der Waals surface area contributed by atoms with Gasteiger partial charge in [0.2, 0.25) is 0 Å². The minimum atomic E-state index is 0.427. The molecule has 3 nitrogen and oxygen atoms in total. The number of benzene rings is 5. The van der Waals surface area contributed by atoms with Crippen molar-refractivity contribution < 1.29 is 0 Å². The standard InChI is InChI=1S/C53H45N3/c1-33-20-24-45-40(28-33)41-29-34(2)21-25-46(41)55(45)52-49(37-14-8-5-9-15-37)44(32-54)50(38-16-10-6-11-17-38)53(51(52)39-18-12-7-13-19-39)56-47-26-22-35(3)30-42(47)43-31-36(4)23-27-48(43)56/h5-28,34-36H,29-31H2,1-4H3. The van der Waals surface area contributed by atoms with Gasteiger partial charge in [0.25, 0.3) is 0 Å². The Kier molecular flexibility index (Phi) is 8.19. The smallest absolute Gasteiger partial charge is 0.101 e. The summed E-state index contributed by atoms with van der Waals surface area (Å²) in [6.07, 6.45) is 17.1. The van der Waals surface area contributed by atoms with Gasteiger partial charge in [0.05, 0.1) is 22.5 Å². The Morgan fingerprint density at radius 2 is 0.946 bits per heavy atom. The molecule has 0 spiro atoms. The summed E-state index contributed by atoms with van der Waals surface area (Å²) in [7, 11) is 0. The van der Waals surface area contributed by atoms with Gasteiger partial charge in [0, 0.05) is 39.2 Å². The molecule has 0 amide bonds. The van der Waals surface area contributed by atoms with Crippen LogP contribution in [0.2, 0.25) is 0 Å². The van der Waals surface area contributed by atoms with E-state index in [4.69, 9.17) is 0 Å². The third kappa shape index (κ3) is 5.31. The number of rotatable bonds is 5. The summed E-state index contributed by atoms with van der Waals surface area (Å²) in [6, 6.07) is 42.0. The Morgan fingerprint density at radius 1 is 0.518 bits per heavy atom. The molecule has 2 heterocycles. The summed E-state index contributed by atoms with van der Waals surface area (Å²) in [5, 5.41) is 13.1. The molecular formula is C53H45N3. The highest BCUT2D eigenvalue weighted by molar-refractivity contribution is 6.05. The van der Waals surface area contributed by atoms with Gasteiger partial charge in [0.1, 0.15) is 6.07 Å². The van der Waals surface area contributed by atoms with Crippen LogP contribution < -0.4 is 0 Å². The number of allylic oxidation sites excluding steroid dienone is 3. The maximum Gasteiger partial charge on any atom is 0.101 e. The molecule has 3 heteroatoms. The predicted octanol–water partition coefficient (Wildman–Crippen LogP) is 13.2. The van der Waals surface area contributed by atoms with Crippen LogP contribution in [0.3, 0.4) is 0 Å². The van der Waals surface area contributed by atoms with Crippen LogP contribution >= 0.6 is 0 Å². The molecule has 0 saturated carbocycles. The van der Waals surface area contributed by atoms with Crippen molar-refractivity contribution in [2.45, 2.75) is 47.0 Å². The molecule has 10 rings (SSSR count). The minimum Gasteiger partial charge on any atom is -0.309 e. The Bertz CT molecular complexity index is 2770. The molecule has 3 aliphatic rings. The van der Waals surface area contributed by atoms with Crippen LogP contribution in [0.5, 0.6) is 0 Å². The average Bonchev–Trinajstić information content (AvgIpc) is 3.71. The van der Waals surface area contributed by atoms with Crippen LogP contribution in [0.1, 0.15) is 65.7 Å². The van der Waals surface area contributed by atoms with Crippen molar-refractivity contribution in [2.24, 2.45) is 17.8 Å². The van der Waals surface area contributed by atoms with E-state index >= 15 is 0 Å². The highest BCUT2D eigenvalue weighted by atomic mass is 15.0. The number of nitriles is 1. The van der Waals surface area contributed by atoms with Crippen molar-refractivity contribution in [3.8, 4) is 50.8 Å². The summed E-state index contributed by atoms with van der Waals surface area (Å²) < 4.78 is 5.05. The van der Waals surface area contributed by atoms with Crippen LogP contribution in [0, 0.1) is 36.0 Å². The number of hydrogen-bond donors (Lipinski definition) is 0. The number of nitrogens with zero attached hydrogens (tertiary/aromatic N) is 3. The molecule has 3 atom stereocenters. The number of aryl methyl sites for hydroxylation is 1. The first-order valence-electron chi connectivity index (χ1n) is 20.2. The first kappa shape index (κ1) is 34.1. The summed E-state index contributed by atoms with van der Waals surface area (Å²) in [5.41, 5.74) is 19.3. The molecule has 3 aliphatic carbocycles. The molecule has 0 N–H and O–H groups in total. The number of fused-ring (bicyclic) bond motifs is 6. The van der Waals surface area contributed by atoms with E-state index < -0.39 is 0 Å². The molecular weight excluding hydrogens is 679 g/mol. The zero-order valence-electron chi connectivity index (χ0n) is 32.6. The Balaban J connectivity index is 1.51. The van der Waals surface area contributed by atoms with E-state index in [9.17, 15) is 5.26 Å². The summed E-state index contributed by atoms with van der Waals surface area (Å²) in [4.78, 5) is 0. The molecule has 3 unspecified atom stereocenters. The fraction of sp³-hybridized carbons (Fsp3) is 0.189. The van der Waals surface area contributed by atoms with Gasteiger partial charge >= 0.3 is 0 Å². The molecule has 0 radical (unpaired) electrons. The lowest BCUT2D eigenvalue weighted by molar-refractivity contribution is 0.681. The number of hydrogen-bond acceptors (Lipinski definition) is 1. The van der Waals surface area contributed by atoms with Gasteiger partial charge in [0.15, 0.2) is 0 Å². The molecule has 56 heavy (non-hydrogen) atoms. The van der Waals surface area contributed by atoms with Gasteiger partial charge in [-0.3, -0.25) is 0 Å². The van der Waals surface area contributed by atoms with E-state index in [0.717, 1.165) is 69.5 Å². The van der Waals surface area contributed by atoms with E-state index in [0.29, 0.717) is 23.3 Å². The molecule has 7 aromatic rings. The molecule has 0 fully saturated rings. The maximum absolute atomic E-state index is 11.8. The van der Waals surface area contributed by atoms with E-state index in [-0.39, 0.29) is 0 Å². The van der Waals surface area contributed by atoms with Crippen molar-refractivity contribution in [3.05, 3.63) is 172 Å². The Morgan fingerprint density at radius 3 is 1.43 bits per heavy atom. The quantitative estimate of drug-likeness (QED) is 0.174. The minimum absolute atomic E-state index is 0.427. The second kappa shape index (κ2) is 13.4. The number of aromatic nitrogens is 2. The third-order valence-electron chi connectivity index (χ3n) is 12.3. The van der Waals surface area contributed by atoms with Gasteiger partial charge in [-0.2, -0.15) is 5.26 Å². The van der Waals surface area contributed by atoms with Crippen molar-refractivity contribution in [2.75, 3.05) is 0 Å². The lowest BCUT2D eigenvalue weighted by atomic mass is 9.83. The van der Waals surface area contributed by atoms with Gasteiger partial charge in [-0.1, -0.05) is 142 Å². The molecule has 2 aromatic heterocycles. The lowest BCUT2D eigenvalue weighted by Gasteiger charge is -2.29. The maximum atomic E-state index is 11.8. The largest absolute Gasteiger partial charge is 0.309 e. The van der Waals surface area contributed by atoms with Crippen molar-refractivity contribution >= 4 is 29.1 Å². The second-order valence-corrected chi connectivity index (χ2v) is 16.3. The highest BCUT2D eigenvalue weighted by Gasteiger charge is 2.35. The van der Waals surface area contributed by atoms with Gasteiger partial charge in [-0.25, -0.2) is 0 Å². The van der Waals surface area contributed by atoms with E-state index in [1.807, 2.05) is 0 Å². The fourth-order valence-electron chi connectivity index (χ4n) is 9.74. The molecule has 0 bridgehead atoms. The van der Waals surface area contributed by atoms with E-state index in [1.54, 1.807) is 0 Å². The Hall–Kier alpha value is -6.37. The van der Waals surface area contributed by atoms with Crippen LogP contribution in [0.15, 0.2) is 127 Å². The molecule has 0 aliphatic heterocycles. The topological polar surface area (TPSA) is 33.6 Å². The second-order valence-electron chi connectivity index (χ2n) is 16.3. The van der Waals surface area contributed by atoms with Crippen LogP contribution in [-0.4, -0.2) is 9.13 Å². The van der Waals surface area contributed by atoms with E-state index in [2.05, 4.69) is 189 Å². The first-order valence-corrected chi connectivity index (χ1v) is 20.2. The normalized spacial score (nSPS) is 18.1.